The molecule has 24 heavy (non-hydrogen) atoms. The average Bonchev–Trinajstić information content (AvgIpc) is 2.41. The molecule has 0 heterocycles. The van der Waals surface area contributed by atoms with Gasteiger partial charge in [-0.1, -0.05) is 26.8 Å². The Morgan fingerprint density at radius 1 is 1.21 bits per heavy atom. The lowest BCUT2D eigenvalue weighted by Crippen LogP contribution is -2.36. The maximum absolute atomic E-state index is 11.2. The first-order chi connectivity index (χ1) is 11.0. The normalized spacial score (nSPS) is 12.1. The van der Waals surface area contributed by atoms with Gasteiger partial charge in [-0.15, -0.1) is 0 Å². The number of nitrogens with one attached hydrogen (secondary N) is 1. The molecule has 0 aliphatic heterocycles. The highest BCUT2D eigenvalue weighted by Crippen LogP contribution is 2.36. The van der Waals surface area contributed by atoms with Crippen LogP contribution >= 0.6 is 0 Å². The second kappa shape index (κ2) is 7.88. The maximum Gasteiger partial charge on any atom is 0.409 e. The SMILES string of the molecule is COc1c(CN(C(C)C)C(C)C)cc(C(C)(C)C)cc1NC(=O)O. The number of nitrogens with zero attached hydrogens (tertiary/aromatic N) is 1. The number of anilines is 1. The Balaban J connectivity index is 3.46. The lowest BCUT2D eigenvalue weighted by molar-refractivity contribution is 0.164. The minimum Gasteiger partial charge on any atom is -0.494 e. The van der Waals surface area contributed by atoms with Crippen molar-refractivity contribution in [1.29, 1.82) is 0 Å². The molecule has 0 saturated carbocycles. The summed E-state index contributed by atoms with van der Waals surface area (Å²) in [6.07, 6.45) is -1.09. The van der Waals surface area contributed by atoms with Crippen molar-refractivity contribution in [2.75, 3.05) is 12.4 Å². The molecule has 1 aromatic rings. The summed E-state index contributed by atoms with van der Waals surface area (Å²) < 4.78 is 5.55. The number of ether oxygens (including phenoxy) is 1. The lowest BCUT2D eigenvalue weighted by Gasteiger charge is -2.32. The Morgan fingerprint density at radius 2 is 1.75 bits per heavy atom. The summed E-state index contributed by atoms with van der Waals surface area (Å²) in [6, 6.07) is 4.75. The Hall–Kier alpha value is -1.75. The van der Waals surface area contributed by atoms with Gasteiger partial charge in [0.15, 0.2) is 0 Å². The number of amides is 1. The predicted octanol–water partition coefficient (Wildman–Crippen LogP) is 4.70. The van der Waals surface area contributed by atoms with E-state index in [4.69, 9.17) is 9.84 Å². The van der Waals surface area contributed by atoms with Crippen molar-refractivity contribution < 1.29 is 14.6 Å². The summed E-state index contributed by atoms with van der Waals surface area (Å²) in [5.41, 5.74) is 2.49. The molecule has 0 atom stereocenters. The van der Waals surface area contributed by atoms with Gasteiger partial charge in [0, 0.05) is 24.2 Å². The molecule has 136 valence electrons. The largest absolute Gasteiger partial charge is 0.494 e. The zero-order valence-corrected chi connectivity index (χ0v) is 16.2. The number of hydrogen-bond acceptors (Lipinski definition) is 3. The third-order valence-corrected chi connectivity index (χ3v) is 4.16. The van der Waals surface area contributed by atoms with Gasteiger partial charge in [0.2, 0.25) is 0 Å². The Morgan fingerprint density at radius 3 is 2.12 bits per heavy atom. The van der Waals surface area contributed by atoms with E-state index < -0.39 is 6.09 Å². The van der Waals surface area contributed by atoms with Crippen LogP contribution in [-0.4, -0.2) is 35.3 Å². The van der Waals surface area contributed by atoms with E-state index in [1.54, 1.807) is 7.11 Å². The Kier molecular flexibility index (Phi) is 6.67. The highest BCUT2D eigenvalue weighted by molar-refractivity contribution is 5.86. The van der Waals surface area contributed by atoms with Crippen molar-refractivity contribution in [3.05, 3.63) is 23.3 Å². The molecule has 0 radical (unpaired) electrons. The van der Waals surface area contributed by atoms with Gasteiger partial charge >= 0.3 is 6.09 Å². The van der Waals surface area contributed by atoms with Crippen molar-refractivity contribution in [2.45, 2.75) is 72.5 Å². The van der Waals surface area contributed by atoms with Gasteiger partial charge in [-0.05, 0) is 44.7 Å². The third kappa shape index (κ3) is 5.13. The fourth-order valence-corrected chi connectivity index (χ4v) is 2.85. The Bertz CT molecular complexity index is 567. The minimum absolute atomic E-state index is 0.0869. The van der Waals surface area contributed by atoms with Crippen molar-refractivity contribution in [1.82, 2.24) is 4.90 Å². The second-order valence-electron chi connectivity index (χ2n) is 7.76. The fraction of sp³-hybridized carbons (Fsp3) is 0.632. The van der Waals surface area contributed by atoms with Gasteiger partial charge in [-0.2, -0.15) is 0 Å². The summed E-state index contributed by atoms with van der Waals surface area (Å²) in [4.78, 5) is 13.5. The smallest absolute Gasteiger partial charge is 0.409 e. The molecule has 2 N–H and O–H groups in total. The molecule has 0 unspecified atom stereocenters. The van der Waals surface area contributed by atoms with E-state index in [2.05, 4.69) is 64.7 Å². The van der Waals surface area contributed by atoms with E-state index in [0.29, 0.717) is 30.1 Å². The van der Waals surface area contributed by atoms with Crippen LogP contribution in [-0.2, 0) is 12.0 Å². The first kappa shape index (κ1) is 20.3. The zero-order valence-electron chi connectivity index (χ0n) is 16.2. The fourth-order valence-electron chi connectivity index (χ4n) is 2.85. The predicted molar refractivity (Wildman–Crippen MR) is 99.2 cm³/mol. The van der Waals surface area contributed by atoms with Gasteiger partial charge in [0.1, 0.15) is 5.75 Å². The van der Waals surface area contributed by atoms with Crippen LogP contribution in [0.25, 0.3) is 0 Å². The third-order valence-electron chi connectivity index (χ3n) is 4.16. The Labute approximate surface area is 146 Å². The van der Waals surface area contributed by atoms with E-state index in [-0.39, 0.29) is 5.41 Å². The number of rotatable bonds is 6. The topological polar surface area (TPSA) is 61.8 Å². The van der Waals surface area contributed by atoms with Crippen LogP contribution in [0.3, 0.4) is 0 Å². The van der Waals surface area contributed by atoms with E-state index in [1.165, 1.54) is 0 Å². The molecular formula is C19H32N2O3. The average molecular weight is 336 g/mol. The number of hydrogen-bond donors (Lipinski definition) is 2. The van der Waals surface area contributed by atoms with Crippen LogP contribution in [0, 0.1) is 0 Å². The van der Waals surface area contributed by atoms with Crippen LogP contribution in [0.15, 0.2) is 12.1 Å². The van der Waals surface area contributed by atoms with Gasteiger partial charge in [0.25, 0.3) is 0 Å². The molecule has 0 aliphatic rings. The van der Waals surface area contributed by atoms with Crippen LogP contribution in [0.1, 0.15) is 59.6 Å². The molecule has 0 fully saturated rings. The standard InChI is InChI=1S/C19H32N2O3/c1-12(2)21(13(3)4)11-14-9-15(19(5,6)7)10-16(17(14)24-8)20-18(22)23/h9-10,12-13,20H,11H2,1-8H3,(H,22,23). The molecule has 1 rings (SSSR count). The molecule has 0 spiro atoms. The number of carbonyl (C=O) groups is 1. The van der Waals surface area contributed by atoms with Crippen molar-refractivity contribution >= 4 is 11.8 Å². The van der Waals surface area contributed by atoms with E-state index in [0.717, 1.165) is 11.1 Å². The monoisotopic (exact) mass is 336 g/mol. The summed E-state index contributed by atoms with van der Waals surface area (Å²) in [5, 5.41) is 11.6. The van der Waals surface area contributed by atoms with Crippen LogP contribution in [0.2, 0.25) is 0 Å². The number of methoxy groups -OCH3 is 1. The van der Waals surface area contributed by atoms with Gasteiger partial charge < -0.3 is 9.84 Å². The molecule has 0 aromatic heterocycles. The maximum atomic E-state index is 11.2. The van der Waals surface area contributed by atoms with Crippen LogP contribution in [0.4, 0.5) is 10.5 Å². The molecule has 0 aliphatic carbocycles. The molecule has 1 aromatic carbocycles. The summed E-state index contributed by atoms with van der Waals surface area (Å²) in [5.74, 6) is 0.594. The van der Waals surface area contributed by atoms with Gasteiger partial charge in [-0.25, -0.2) is 4.79 Å². The first-order valence-corrected chi connectivity index (χ1v) is 8.44. The first-order valence-electron chi connectivity index (χ1n) is 8.44. The molecule has 0 bridgehead atoms. The van der Waals surface area contributed by atoms with E-state index >= 15 is 0 Å². The minimum atomic E-state index is -1.09. The van der Waals surface area contributed by atoms with E-state index in [1.807, 2.05) is 6.07 Å². The van der Waals surface area contributed by atoms with Gasteiger partial charge in [0.05, 0.1) is 12.8 Å². The van der Waals surface area contributed by atoms with Gasteiger partial charge in [-0.3, -0.25) is 10.2 Å². The zero-order chi connectivity index (χ0) is 18.7. The van der Waals surface area contributed by atoms with Crippen molar-refractivity contribution in [3.63, 3.8) is 0 Å². The molecule has 0 saturated heterocycles. The quantitative estimate of drug-likeness (QED) is 0.790. The molecular weight excluding hydrogens is 304 g/mol. The summed E-state index contributed by atoms with van der Waals surface area (Å²) >= 11 is 0. The number of carboxylic acid groups (broad SMARTS) is 1. The second-order valence-corrected chi connectivity index (χ2v) is 7.76. The molecule has 1 amide bonds. The number of benzene rings is 1. The van der Waals surface area contributed by atoms with Crippen LogP contribution in [0.5, 0.6) is 5.75 Å². The molecule has 5 heteroatoms. The van der Waals surface area contributed by atoms with E-state index in [9.17, 15) is 4.79 Å². The highest BCUT2D eigenvalue weighted by atomic mass is 16.5. The lowest BCUT2D eigenvalue weighted by atomic mass is 9.85. The van der Waals surface area contributed by atoms with Crippen molar-refractivity contribution in [3.8, 4) is 5.75 Å². The highest BCUT2D eigenvalue weighted by Gasteiger charge is 2.23. The summed E-state index contributed by atoms with van der Waals surface area (Å²) in [7, 11) is 1.58. The van der Waals surface area contributed by atoms with Crippen molar-refractivity contribution in [2.24, 2.45) is 0 Å². The van der Waals surface area contributed by atoms with Crippen LogP contribution < -0.4 is 10.1 Å². The summed E-state index contributed by atoms with van der Waals surface area (Å²) in [6.45, 7) is 15.7. The molecule has 5 nitrogen and oxygen atoms in total.